The number of nitrogens with zero attached hydrogens (tertiary/aromatic N) is 1. The molecule has 0 aliphatic carbocycles. The summed E-state index contributed by atoms with van der Waals surface area (Å²) in [6.07, 6.45) is 0. The lowest BCUT2D eigenvalue weighted by Crippen LogP contribution is -2.43. The van der Waals surface area contributed by atoms with Crippen molar-refractivity contribution in [3.05, 3.63) is 35.9 Å². The molecular weight excluding hydrogens is 282 g/mol. The summed E-state index contributed by atoms with van der Waals surface area (Å²) in [6.45, 7) is 2.34. The molecule has 0 radical (unpaired) electrons. The molecule has 0 N–H and O–H groups in total. The number of carbonyl (C=O) groups excluding carboxylic acids is 1. The Balaban J connectivity index is 2.02. The smallest absolute Gasteiger partial charge is 0.248 e. The van der Waals surface area contributed by atoms with Crippen LogP contribution in [0.15, 0.2) is 30.3 Å². The maximum Gasteiger partial charge on any atom is 0.248 e. The molecule has 1 aliphatic heterocycles. The molecule has 1 aromatic rings. The summed E-state index contributed by atoms with van der Waals surface area (Å²) in [5, 5.41) is 0.863. The molecule has 0 aromatic heterocycles. The third-order valence-electron chi connectivity index (χ3n) is 2.98. The van der Waals surface area contributed by atoms with Gasteiger partial charge < -0.3 is 9.64 Å². The fourth-order valence-electron chi connectivity index (χ4n) is 1.98. The lowest BCUT2D eigenvalue weighted by molar-refractivity contribution is -0.142. The van der Waals surface area contributed by atoms with Gasteiger partial charge in [-0.25, -0.2) is 0 Å². The van der Waals surface area contributed by atoms with E-state index >= 15 is 0 Å². The monoisotopic (exact) mass is 297 g/mol. The van der Waals surface area contributed by atoms with Crippen LogP contribution in [0.2, 0.25) is 0 Å². The molecule has 17 heavy (non-hydrogen) atoms. The lowest BCUT2D eigenvalue weighted by Gasteiger charge is -2.30. The van der Waals surface area contributed by atoms with Crippen LogP contribution in [0.25, 0.3) is 0 Å². The van der Waals surface area contributed by atoms with Crippen LogP contribution in [0, 0.1) is 0 Å². The highest BCUT2D eigenvalue weighted by molar-refractivity contribution is 9.09. The highest BCUT2D eigenvalue weighted by Crippen LogP contribution is 2.20. The van der Waals surface area contributed by atoms with Gasteiger partial charge in [-0.15, -0.1) is 0 Å². The van der Waals surface area contributed by atoms with Crippen molar-refractivity contribution < 1.29 is 9.53 Å². The molecule has 1 atom stereocenters. The van der Waals surface area contributed by atoms with Gasteiger partial charge in [0.15, 0.2) is 0 Å². The number of morpholine rings is 1. The van der Waals surface area contributed by atoms with Crippen LogP contribution in [0.1, 0.15) is 11.5 Å². The van der Waals surface area contributed by atoms with Gasteiger partial charge in [-0.2, -0.15) is 0 Å². The Morgan fingerprint density at radius 2 is 2.12 bits per heavy atom. The second-order valence-electron chi connectivity index (χ2n) is 4.15. The lowest BCUT2D eigenvalue weighted by atomic mass is 10.0. The SMILES string of the molecule is O=C1COCCN1CC(CBr)c1ccccc1. The minimum atomic E-state index is 0.0955. The van der Waals surface area contributed by atoms with E-state index in [1.54, 1.807) is 0 Å². The molecule has 1 aliphatic rings. The van der Waals surface area contributed by atoms with Gasteiger partial charge >= 0.3 is 0 Å². The molecule has 0 bridgehead atoms. The quantitative estimate of drug-likeness (QED) is 0.796. The van der Waals surface area contributed by atoms with Crippen molar-refractivity contribution in [2.24, 2.45) is 0 Å². The molecule has 0 saturated carbocycles. The van der Waals surface area contributed by atoms with Gasteiger partial charge in [-0.05, 0) is 5.56 Å². The first-order valence-electron chi connectivity index (χ1n) is 5.77. The first kappa shape index (κ1) is 12.6. The number of halogens is 1. The molecule has 0 spiro atoms. The van der Waals surface area contributed by atoms with Crippen LogP contribution >= 0.6 is 15.9 Å². The summed E-state index contributed by atoms with van der Waals surface area (Å²) in [5.74, 6) is 0.441. The van der Waals surface area contributed by atoms with Gasteiger partial charge in [0.25, 0.3) is 0 Å². The maximum absolute atomic E-state index is 11.7. The van der Waals surface area contributed by atoms with E-state index in [0.29, 0.717) is 19.1 Å². The fourth-order valence-corrected chi connectivity index (χ4v) is 2.56. The standard InChI is InChI=1S/C13H16BrNO2/c14-8-12(11-4-2-1-3-5-11)9-15-6-7-17-10-13(15)16/h1-5,12H,6-10H2. The van der Waals surface area contributed by atoms with Crippen molar-refractivity contribution in [1.29, 1.82) is 0 Å². The van der Waals surface area contributed by atoms with Crippen LogP contribution in [0.3, 0.4) is 0 Å². The summed E-state index contributed by atoms with van der Waals surface area (Å²) in [6, 6.07) is 10.3. The topological polar surface area (TPSA) is 29.5 Å². The minimum absolute atomic E-state index is 0.0955. The van der Waals surface area contributed by atoms with Crippen molar-refractivity contribution >= 4 is 21.8 Å². The average molecular weight is 298 g/mol. The van der Waals surface area contributed by atoms with E-state index in [4.69, 9.17) is 4.74 Å². The number of alkyl halides is 1. The summed E-state index contributed by atoms with van der Waals surface area (Å²) < 4.78 is 5.13. The van der Waals surface area contributed by atoms with Crippen LogP contribution in [-0.4, -0.2) is 42.4 Å². The van der Waals surface area contributed by atoms with E-state index in [2.05, 4.69) is 28.1 Å². The molecule has 1 heterocycles. The van der Waals surface area contributed by atoms with Crippen molar-refractivity contribution in [3.8, 4) is 0 Å². The molecule has 2 rings (SSSR count). The van der Waals surface area contributed by atoms with E-state index in [1.807, 2.05) is 23.1 Å². The number of amides is 1. The average Bonchev–Trinajstić information content (AvgIpc) is 2.39. The Morgan fingerprint density at radius 3 is 2.76 bits per heavy atom. The van der Waals surface area contributed by atoms with Crippen LogP contribution < -0.4 is 0 Å². The number of hydrogen-bond acceptors (Lipinski definition) is 2. The number of hydrogen-bond donors (Lipinski definition) is 0. The molecule has 1 aromatic carbocycles. The molecule has 92 valence electrons. The van der Waals surface area contributed by atoms with E-state index in [1.165, 1.54) is 5.56 Å². The van der Waals surface area contributed by atoms with Crippen molar-refractivity contribution in [2.45, 2.75) is 5.92 Å². The van der Waals surface area contributed by atoms with E-state index in [9.17, 15) is 4.79 Å². The third kappa shape index (κ3) is 3.30. The van der Waals surface area contributed by atoms with E-state index < -0.39 is 0 Å². The maximum atomic E-state index is 11.7. The van der Waals surface area contributed by atoms with E-state index in [-0.39, 0.29) is 12.5 Å². The van der Waals surface area contributed by atoms with Crippen LogP contribution in [-0.2, 0) is 9.53 Å². The van der Waals surface area contributed by atoms with Crippen molar-refractivity contribution in [2.75, 3.05) is 31.6 Å². The van der Waals surface area contributed by atoms with Crippen molar-refractivity contribution in [1.82, 2.24) is 4.90 Å². The Hall–Kier alpha value is -0.870. The van der Waals surface area contributed by atoms with Gasteiger partial charge in [0.05, 0.1) is 6.61 Å². The zero-order chi connectivity index (χ0) is 12.1. The zero-order valence-corrected chi connectivity index (χ0v) is 11.2. The van der Waals surface area contributed by atoms with E-state index in [0.717, 1.165) is 11.9 Å². The number of rotatable bonds is 4. The molecule has 1 fully saturated rings. The Kier molecular flexibility index (Phi) is 4.57. The Morgan fingerprint density at radius 1 is 1.35 bits per heavy atom. The molecule has 3 nitrogen and oxygen atoms in total. The Bertz CT molecular complexity index is 369. The van der Waals surface area contributed by atoms with Gasteiger partial charge in [-0.3, -0.25) is 4.79 Å². The fraction of sp³-hybridized carbons (Fsp3) is 0.462. The second-order valence-corrected chi connectivity index (χ2v) is 4.80. The zero-order valence-electron chi connectivity index (χ0n) is 9.64. The van der Waals surface area contributed by atoms with Crippen LogP contribution in [0.4, 0.5) is 0 Å². The molecule has 1 saturated heterocycles. The first-order valence-corrected chi connectivity index (χ1v) is 6.90. The molecule has 4 heteroatoms. The predicted octanol–water partition coefficient (Wildman–Crippen LogP) is 2.02. The van der Waals surface area contributed by atoms with Crippen molar-refractivity contribution in [3.63, 3.8) is 0 Å². The second kappa shape index (κ2) is 6.17. The van der Waals surface area contributed by atoms with Gasteiger partial charge in [0.1, 0.15) is 6.61 Å². The minimum Gasteiger partial charge on any atom is -0.370 e. The third-order valence-corrected chi connectivity index (χ3v) is 3.76. The van der Waals surface area contributed by atoms with Gasteiger partial charge in [0.2, 0.25) is 5.91 Å². The predicted molar refractivity (Wildman–Crippen MR) is 70.4 cm³/mol. The summed E-state index contributed by atoms with van der Waals surface area (Å²) in [4.78, 5) is 13.6. The molecular formula is C13H16BrNO2. The molecule has 1 unspecified atom stereocenters. The first-order chi connectivity index (χ1) is 8.31. The summed E-state index contributed by atoms with van der Waals surface area (Å²) in [7, 11) is 0. The highest BCUT2D eigenvalue weighted by atomic mass is 79.9. The number of benzene rings is 1. The largest absolute Gasteiger partial charge is 0.370 e. The van der Waals surface area contributed by atoms with Gasteiger partial charge in [0, 0.05) is 24.3 Å². The number of ether oxygens (including phenoxy) is 1. The number of carbonyl (C=O) groups is 1. The van der Waals surface area contributed by atoms with Crippen LogP contribution in [0.5, 0.6) is 0 Å². The Labute approximate surface area is 110 Å². The summed E-state index contributed by atoms with van der Waals surface area (Å²) in [5.41, 5.74) is 1.27. The van der Waals surface area contributed by atoms with Gasteiger partial charge in [-0.1, -0.05) is 46.3 Å². The highest BCUT2D eigenvalue weighted by Gasteiger charge is 2.22. The normalized spacial score (nSPS) is 18.2. The molecule has 1 amide bonds. The summed E-state index contributed by atoms with van der Waals surface area (Å²) >= 11 is 3.53.